The Morgan fingerprint density at radius 1 is 0.938 bits per heavy atom. The summed E-state index contributed by atoms with van der Waals surface area (Å²) >= 11 is 0. The van der Waals surface area contributed by atoms with E-state index in [9.17, 15) is 5.11 Å². The molecule has 0 heterocycles. The van der Waals surface area contributed by atoms with Gasteiger partial charge >= 0.3 is 0 Å². The lowest BCUT2D eigenvalue weighted by Crippen LogP contribution is -2.23. The summed E-state index contributed by atoms with van der Waals surface area (Å²) in [7, 11) is 0. The van der Waals surface area contributed by atoms with Crippen LogP contribution < -0.4 is 0 Å². The zero-order valence-electron chi connectivity index (χ0n) is 11.2. The van der Waals surface area contributed by atoms with Crippen LogP contribution in [0.25, 0.3) is 0 Å². The molecule has 0 aliphatic carbocycles. The van der Waals surface area contributed by atoms with Crippen molar-refractivity contribution in [3.05, 3.63) is 41.5 Å². The van der Waals surface area contributed by atoms with Crippen molar-refractivity contribution in [2.24, 2.45) is 0 Å². The van der Waals surface area contributed by atoms with Crippen LogP contribution in [0.3, 0.4) is 0 Å². The molecule has 0 unspecified atom stereocenters. The summed E-state index contributed by atoms with van der Waals surface area (Å²) in [6, 6.07) is 6.03. The largest absolute Gasteiger partial charge is 0.378 e. The number of aliphatic hydroxyl groups is 1. The topological polar surface area (TPSA) is 20.2 Å². The average molecular weight is 218 g/mol. The number of hydrogen-bond donors (Lipinski definition) is 1. The Morgan fingerprint density at radius 2 is 1.50 bits per heavy atom. The van der Waals surface area contributed by atoms with E-state index in [1.54, 1.807) is 0 Å². The first-order valence-corrected chi connectivity index (χ1v) is 5.72. The van der Waals surface area contributed by atoms with Gasteiger partial charge in [0.05, 0.1) is 0 Å². The van der Waals surface area contributed by atoms with Crippen LogP contribution in [0.1, 0.15) is 58.2 Å². The molecule has 1 N–H and O–H groups in total. The van der Waals surface area contributed by atoms with Crippen molar-refractivity contribution in [3.8, 4) is 0 Å². The molecule has 0 amide bonds. The lowest BCUT2D eigenvalue weighted by molar-refractivity contribution is 0.408. The van der Waals surface area contributed by atoms with Crippen LogP contribution in [0.15, 0.2) is 18.2 Å². The fraction of sp³-hybridized carbons (Fsp3) is 0.533. The van der Waals surface area contributed by atoms with Crippen molar-refractivity contribution in [2.75, 3.05) is 0 Å². The second kappa shape index (κ2) is 4.21. The third kappa shape index (κ3) is 2.65. The maximum absolute atomic E-state index is 9.22. The van der Waals surface area contributed by atoms with E-state index in [1.807, 2.05) is 12.1 Å². The van der Waals surface area contributed by atoms with Gasteiger partial charge in [0.15, 0.2) is 6.61 Å². The normalized spacial score (nSPS) is 12.9. The smallest absolute Gasteiger partial charge is 0.162 e. The molecule has 1 nitrogen and oxygen atoms in total. The predicted octanol–water partition coefficient (Wildman–Crippen LogP) is 4.04. The molecule has 0 aromatic heterocycles. The lowest BCUT2D eigenvalue weighted by Gasteiger charge is -2.31. The van der Waals surface area contributed by atoms with Gasteiger partial charge in [-0.3, -0.25) is 0 Å². The molecule has 88 valence electrons. The standard InChI is InChI=1S/C15H22O/c1-14(2,3)12-9-7-8-11(10-16)13(12)15(4,5)6/h7-9,16H,1-6H3. The third-order valence-electron chi connectivity index (χ3n) is 2.74. The van der Waals surface area contributed by atoms with Crippen molar-refractivity contribution in [1.82, 2.24) is 0 Å². The Hall–Kier alpha value is -0.820. The van der Waals surface area contributed by atoms with Crippen LogP contribution in [-0.4, -0.2) is 5.11 Å². The molecule has 0 saturated carbocycles. The van der Waals surface area contributed by atoms with E-state index in [4.69, 9.17) is 0 Å². The van der Waals surface area contributed by atoms with Gasteiger partial charge in [0.1, 0.15) is 0 Å². The van der Waals surface area contributed by atoms with Crippen LogP contribution in [0.2, 0.25) is 0 Å². The van der Waals surface area contributed by atoms with Gasteiger partial charge in [-0.2, -0.15) is 0 Å². The van der Waals surface area contributed by atoms with Gasteiger partial charge in [-0.1, -0.05) is 59.7 Å². The highest BCUT2D eigenvalue weighted by Crippen LogP contribution is 2.36. The fourth-order valence-corrected chi connectivity index (χ4v) is 2.08. The third-order valence-corrected chi connectivity index (χ3v) is 2.74. The second-order valence-corrected chi connectivity index (χ2v) is 6.34. The fourth-order valence-electron chi connectivity index (χ4n) is 2.08. The lowest BCUT2D eigenvalue weighted by atomic mass is 9.73. The minimum atomic E-state index is 0.00887. The molecule has 1 heteroatoms. The first-order chi connectivity index (χ1) is 7.18. The SMILES string of the molecule is CC(C)(C)c1cccc([C]O)c1C(C)(C)C. The van der Waals surface area contributed by atoms with Gasteiger partial charge in [0, 0.05) is 0 Å². The van der Waals surface area contributed by atoms with E-state index in [2.05, 4.69) is 54.2 Å². The highest BCUT2D eigenvalue weighted by atomic mass is 16.3. The highest BCUT2D eigenvalue weighted by Gasteiger charge is 2.27. The van der Waals surface area contributed by atoms with E-state index < -0.39 is 0 Å². The van der Waals surface area contributed by atoms with Gasteiger partial charge in [-0.25, -0.2) is 0 Å². The average Bonchev–Trinajstić information content (AvgIpc) is 2.13. The molecular weight excluding hydrogens is 196 g/mol. The summed E-state index contributed by atoms with van der Waals surface area (Å²) in [5.74, 6) is 0. The number of benzene rings is 1. The van der Waals surface area contributed by atoms with Crippen LogP contribution in [0.4, 0.5) is 0 Å². The van der Waals surface area contributed by atoms with Gasteiger partial charge in [-0.15, -0.1) is 0 Å². The monoisotopic (exact) mass is 218 g/mol. The van der Waals surface area contributed by atoms with Crippen LogP contribution in [-0.2, 0) is 10.8 Å². The first-order valence-electron chi connectivity index (χ1n) is 5.72. The van der Waals surface area contributed by atoms with Gasteiger partial charge in [0.25, 0.3) is 0 Å². The summed E-state index contributed by atoms with van der Waals surface area (Å²) in [6.45, 7) is 15.4. The molecule has 1 rings (SSSR count). The predicted molar refractivity (Wildman–Crippen MR) is 68.1 cm³/mol. The van der Waals surface area contributed by atoms with Crippen molar-refractivity contribution < 1.29 is 5.11 Å². The Balaban J connectivity index is 3.51. The first kappa shape index (κ1) is 13.2. The molecule has 0 aliphatic rings. The summed E-state index contributed by atoms with van der Waals surface area (Å²) in [5, 5.41) is 9.22. The van der Waals surface area contributed by atoms with Crippen molar-refractivity contribution in [3.63, 3.8) is 0 Å². The maximum Gasteiger partial charge on any atom is 0.162 e. The van der Waals surface area contributed by atoms with Gasteiger partial charge < -0.3 is 5.11 Å². The van der Waals surface area contributed by atoms with E-state index in [0.717, 1.165) is 5.56 Å². The second-order valence-electron chi connectivity index (χ2n) is 6.34. The van der Waals surface area contributed by atoms with Crippen molar-refractivity contribution in [1.29, 1.82) is 0 Å². The number of aliphatic hydroxyl groups excluding tert-OH is 1. The van der Waals surface area contributed by atoms with E-state index in [0.29, 0.717) is 0 Å². The molecule has 2 radical (unpaired) electrons. The number of rotatable bonds is 1. The molecular formula is C15H22O. The zero-order chi connectivity index (χ0) is 12.6. The van der Waals surface area contributed by atoms with Crippen molar-refractivity contribution >= 4 is 0 Å². The Kier molecular flexibility index (Phi) is 3.49. The van der Waals surface area contributed by atoms with Crippen LogP contribution >= 0.6 is 0 Å². The molecule has 0 aliphatic heterocycles. The van der Waals surface area contributed by atoms with E-state index >= 15 is 0 Å². The Labute approximate surface area is 99.5 Å². The zero-order valence-corrected chi connectivity index (χ0v) is 11.2. The van der Waals surface area contributed by atoms with E-state index in [-0.39, 0.29) is 10.8 Å². The molecule has 0 saturated heterocycles. The van der Waals surface area contributed by atoms with Crippen LogP contribution in [0.5, 0.6) is 0 Å². The highest BCUT2D eigenvalue weighted by molar-refractivity contribution is 5.45. The number of hydrogen-bond acceptors (Lipinski definition) is 1. The molecule has 0 bridgehead atoms. The Bertz CT molecular complexity index is 364. The van der Waals surface area contributed by atoms with Crippen LogP contribution in [0, 0.1) is 6.61 Å². The molecule has 1 aromatic rings. The van der Waals surface area contributed by atoms with Gasteiger partial charge in [-0.05, 0) is 27.5 Å². The summed E-state index contributed by atoms with van der Waals surface area (Å²) < 4.78 is 0. The molecule has 1 aromatic carbocycles. The van der Waals surface area contributed by atoms with Gasteiger partial charge in [0.2, 0.25) is 0 Å². The molecule has 16 heavy (non-hydrogen) atoms. The molecule has 0 atom stereocenters. The summed E-state index contributed by atoms with van der Waals surface area (Å²) in [4.78, 5) is 0. The summed E-state index contributed by atoms with van der Waals surface area (Å²) in [6.07, 6.45) is 0. The minimum Gasteiger partial charge on any atom is -0.378 e. The summed E-state index contributed by atoms with van der Waals surface area (Å²) in [5.41, 5.74) is 3.36. The maximum atomic E-state index is 9.22. The Morgan fingerprint density at radius 3 is 1.88 bits per heavy atom. The molecule has 0 spiro atoms. The van der Waals surface area contributed by atoms with Crippen molar-refractivity contribution in [2.45, 2.75) is 52.4 Å². The van der Waals surface area contributed by atoms with E-state index in [1.165, 1.54) is 11.1 Å². The molecule has 0 fully saturated rings. The minimum absolute atomic E-state index is 0.00887. The quantitative estimate of drug-likeness (QED) is 0.754.